The van der Waals surface area contributed by atoms with Crippen molar-refractivity contribution < 1.29 is 14.3 Å². The number of rotatable bonds is 2. The van der Waals surface area contributed by atoms with E-state index in [4.69, 9.17) is 9.15 Å². The zero-order valence-corrected chi connectivity index (χ0v) is 17.9. The van der Waals surface area contributed by atoms with Crippen molar-refractivity contribution >= 4 is 29.3 Å². The van der Waals surface area contributed by atoms with Crippen LogP contribution in [-0.2, 0) is 4.74 Å². The highest BCUT2D eigenvalue weighted by atomic mass is 35.5. The first-order chi connectivity index (χ1) is 13.9. The summed E-state index contributed by atoms with van der Waals surface area (Å²) in [6.45, 7) is 5.84. The van der Waals surface area contributed by atoms with E-state index in [-0.39, 0.29) is 34.8 Å². The molecule has 4 heterocycles. The van der Waals surface area contributed by atoms with E-state index in [0.29, 0.717) is 28.1 Å². The minimum Gasteiger partial charge on any atom is -0.507 e. The Morgan fingerprint density at radius 2 is 1.90 bits per heavy atom. The molecule has 0 bridgehead atoms. The standard InChI is InChI=1S/C22H25N3O4.ClH/c1-21(2)6-7-22(29-21)8-11-25(12-9-22)18-13-17(27)14-3-4-16(26)19(20(14)28-18)15-5-10-23-24-15;/h3-5,10,13,26H,6-9,11-12H2,1-2H3,(H,23,24);1H. The number of halogens is 1. The van der Waals surface area contributed by atoms with Gasteiger partial charge in [-0.3, -0.25) is 9.89 Å². The minimum atomic E-state index is -0.124. The van der Waals surface area contributed by atoms with E-state index in [9.17, 15) is 9.90 Å². The molecule has 3 aromatic rings. The maximum absolute atomic E-state index is 12.8. The number of aromatic hydroxyl groups is 1. The van der Waals surface area contributed by atoms with Gasteiger partial charge in [0.25, 0.3) is 0 Å². The van der Waals surface area contributed by atoms with Gasteiger partial charge in [-0.25, -0.2) is 0 Å². The number of phenols is 1. The first-order valence-corrected chi connectivity index (χ1v) is 10.1. The van der Waals surface area contributed by atoms with Crippen molar-refractivity contribution in [2.75, 3.05) is 18.0 Å². The van der Waals surface area contributed by atoms with Gasteiger partial charge in [0.1, 0.15) is 5.75 Å². The molecule has 2 saturated heterocycles. The van der Waals surface area contributed by atoms with Crippen molar-refractivity contribution in [3.8, 4) is 17.0 Å². The maximum atomic E-state index is 12.8. The van der Waals surface area contributed by atoms with Gasteiger partial charge in [0.2, 0.25) is 0 Å². The van der Waals surface area contributed by atoms with Crippen LogP contribution >= 0.6 is 12.4 Å². The van der Waals surface area contributed by atoms with E-state index in [1.54, 1.807) is 24.4 Å². The largest absolute Gasteiger partial charge is 0.507 e. The van der Waals surface area contributed by atoms with E-state index < -0.39 is 0 Å². The van der Waals surface area contributed by atoms with Crippen molar-refractivity contribution in [2.24, 2.45) is 0 Å². The van der Waals surface area contributed by atoms with Gasteiger partial charge in [0.05, 0.1) is 27.8 Å². The van der Waals surface area contributed by atoms with E-state index in [2.05, 4.69) is 28.9 Å². The van der Waals surface area contributed by atoms with Crippen molar-refractivity contribution in [1.82, 2.24) is 10.2 Å². The number of fused-ring (bicyclic) bond motifs is 1. The fraction of sp³-hybridized carbons (Fsp3) is 0.455. The Morgan fingerprint density at radius 3 is 2.53 bits per heavy atom. The molecule has 7 nitrogen and oxygen atoms in total. The summed E-state index contributed by atoms with van der Waals surface area (Å²) in [6.07, 6.45) is 5.57. The van der Waals surface area contributed by atoms with Crippen molar-refractivity contribution in [1.29, 1.82) is 0 Å². The third-order valence-corrected chi connectivity index (χ3v) is 6.29. The SMILES string of the molecule is CC1(C)CCC2(CCN(c3cc(=O)c4ccc(O)c(-c5ccn[nH]5)c4o3)CC2)O1.Cl. The van der Waals surface area contributed by atoms with Crippen LogP contribution in [0, 0.1) is 0 Å². The Balaban J connectivity index is 0.00000218. The third-order valence-electron chi connectivity index (χ3n) is 6.29. The molecule has 160 valence electrons. The number of piperidine rings is 1. The number of anilines is 1. The molecule has 2 aliphatic heterocycles. The molecular weight excluding hydrogens is 406 g/mol. The summed E-state index contributed by atoms with van der Waals surface area (Å²) in [5.74, 6) is 0.571. The number of benzene rings is 1. The molecule has 0 unspecified atom stereocenters. The number of ether oxygens (including phenoxy) is 1. The molecule has 2 fully saturated rings. The second kappa shape index (κ2) is 7.32. The molecule has 2 aromatic heterocycles. The van der Waals surface area contributed by atoms with Gasteiger partial charge in [0.15, 0.2) is 16.9 Å². The van der Waals surface area contributed by atoms with Crippen LogP contribution in [-0.4, -0.2) is 39.6 Å². The lowest BCUT2D eigenvalue weighted by molar-refractivity contribution is -0.0968. The highest BCUT2D eigenvalue weighted by Gasteiger charge is 2.46. The summed E-state index contributed by atoms with van der Waals surface area (Å²) >= 11 is 0. The van der Waals surface area contributed by atoms with Gasteiger partial charge < -0.3 is 19.2 Å². The predicted octanol–water partition coefficient (Wildman–Crippen LogP) is 4.24. The number of aromatic amines is 1. The van der Waals surface area contributed by atoms with Crippen LogP contribution in [0.2, 0.25) is 0 Å². The van der Waals surface area contributed by atoms with Crippen molar-refractivity contribution in [2.45, 2.75) is 50.7 Å². The summed E-state index contributed by atoms with van der Waals surface area (Å²) in [4.78, 5) is 14.9. The maximum Gasteiger partial charge on any atom is 0.200 e. The molecule has 5 rings (SSSR count). The highest BCUT2D eigenvalue weighted by molar-refractivity contribution is 5.94. The topological polar surface area (TPSA) is 91.6 Å². The zero-order chi connectivity index (χ0) is 20.2. The average molecular weight is 432 g/mol. The zero-order valence-electron chi connectivity index (χ0n) is 17.1. The van der Waals surface area contributed by atoms with Gasteiger partial charge in [-0.05, 0) is 57.7 Å². The fourth-order valence-electron chi connectivity index (χ4n) is 4.71. The number of H-pyrrole nitrogens is 1. The highest BCUT2D eigenvalue weighted by Crippen LogP contribution is 2.44. The van der Waals surface area contributed by atoms with Crippen LogP contribution in [0.4, 0.5) is 5.88 Å². The van der Waals surface area contributed by atoms with Gasteiger partial charge in [-0.15, -0.1) is 12.4 Å². The van der Waals surface area contributed by atoms with Crippen LogP contribution in [0.5, 0.6) is 5.75 Å². The Morgan fingerprint density at radius 1 is 1.13 bits per heavy atom. The molecule has 2 N–H and O–H groups in total. The smallest absolute Gasteiger partial charge is 0.200 e. The lowest BCUT2D eigenvalue weighted by Crippen LogP contribution is -2.45. The molecular formula is C22H26ClN3O4. The van der Waals surface area contributed by atoms with Crippen LogP contribution < -0.4 is 10.3 Å². The molecule has 0 radical (unpaired) electrons. The van der Waals surface area contributed by atoms with E-state index in [0.717, 1.165) is 38.8 Å². The van der Waals surface area contributed by atoms with E-state index in [1.165, 1.54) is 6.07 Å². The second-order valence-electron chi connectivity index (χ2n) is 8.79. The number of phenolic OH excluding ortho intramolecular Hbond substituents is 1. The summed E-state index contributed by atoms with van der Waals surface area (Å²) in [7, 11) is 0. The Kier molecular flexibility index (Phi) is 5.06. The van der Waals surface area contributed by atoms with Crippen LogP contribution in [0.15, 0.2) is 39.7 Å². The summed E-state index contributed by atoms with van der Waals surface area (Å²) in [5.41, 5.74) is 1.18. The number of hydrogen-bond donors (Lipinski definition) is 2. The number of nitrogens with one attached hydrogen (secondary N) is 1. The van der Waals surface area contributed by atoms with Gasteiger partial charge in [-0.2, -0.15) is 5.10 Å². The van der Waals surface area contributed by atoms with Gasteiger partial charge in [-0.1, -0.05) is 0 Å². The molecule has 0 amide bonds. The molecule has 30 heavy (non-hydrogen) atoms. The first kappa shape index (κ1) is 20.8. The molecule has 0 atom stereocenters. The van der Waals surface area contributed by atoms with E-state index in [1.807, 2.05) is 0 Å². The summed E-state index contributed by atoms with van der Waals surface area (Å²) in [6, 6.07) is 6.40. The van der Waals surface area contributed by atoms with Crippen LogP contribution in [0.1, 0.15) is 39.5 Å². The number of hydrogen-bond acceptors (Lipinski definition) is 6. The Bertz CT molecular complexity index is 1120. The normalized spacial score (nSPS) is 19.9. The van der Waals surface area contributed by atoms with Gasteiger partial charge in [0, 0.05) is 25.4 Å². The minimum absolute atomic E-state index is 0. The van der Waals surface area contributed by atoms with Crippen LogP contribution in [0.25, 0.3) is 22.2 Å². The van der Waals surface area contributed by atoms with Gasteiger partial charge >= 0.3 is 0 Å². The van der Waals surface area contributed by atoms with E-state index >= 15 is 0 Å². The lowest BCUT2D eigenvalue weighted by atomic mass is 9.88. The Hall–Kier alpha value is -2.51. The summed E-state index contributed by atoms with van der Waals surface area (Å²) in [5, 5.41) is 17.7. The number of aromatic nitrogens is 2. The predicted molar refractivity (Wildman–Crippen MR) is 118 cm³/mol. The Labute approximate surface area is 180 Å². The molecule has 8 heteroatoms. The molecule has 1 spiro atoms. The monoisotopic (exact) mass is 431 g/mol. The quantitative estimate of drug-likeness (QED) is 0.630. The molecule has 0 saturated carbocycles. The van der Waals surface area contributed by atoms with Crippen LogP contribution in [0.3, 0.4) is 0 Å². The molecule has 2 aliphatic rings. The third kappa shape index (κ3) is 3.46. The lowest BCUT2D eigenvalue weighted by Gasteiger charge is -2.40. The second-order valence-corrected chi connectivity index (χ2v) is 8.79. The summed E-state index contributed by atoms with van der Waals surface area (Å²) < 4.78 is 12.6. The molecule has 1 aromatic carbocycles. The van der Waals surface area contributed by atoms with Crippen molar-refractivity contribution in [3.05, 3.63) is 40.7 Å². The fourth-order valence-corrected chi connectivity index (χ4v) is 4.71. The number of nitrogens with zero attached hydrogens (tertiary/aromatic N) is 2. The molecule has 0 aliphatic carbocycles. The first-order valence-electron chi connectivity index (χ1n) is 10.1. The average Bonchev–Trinajstić information content (AvgIpc) is 3.30. The van der Waals surface area contributed by atoms with Crippen molar-refractivity contribution in [3.63, 3.8) is 0 Å².